The standard InChI is InChI=1S/C18H27N3/c1-15(13-19)21-11-9-20(10-12-21)14-16-5-7-17(8-6-16)18(2,3)4/h5-8,15H,9-12,14H2,1-4H3. The molecule has 1 unspecified atom stereocenters. The molecule has 21 heavy (non-hydrogen) atoms. The summed E-state index contributed by atoms with van der Waals surface area (Å²) in [5, 5.41) is 8.97. The Bertz CT molecular complexity index is 485. The molecule has 1 atom stereocenters. The molecule has 114 valence electrons. The molecule has 0 N–H and O–H groups in total. The topological polar surface area (TPSA) is 30.3 Å². The molecule has 1 aromatic carbocycles. The highest BCUT2D eigenvalue weighted by molar-refractivity contribution is 5.27. The number of piperazine rings is 1. The summed E-state index contributed by atoms with van der Waals surface area (Å²) in [5.74, 6) is 0. The normalized spacial score (nSPS) is 19.2. The Morgan fingerprint density at radius 2 is 1.67 bits per heavy atom. The van der Waals surface area contributed by atoms with Crippen molar-refractivity contribution in [2.24, 2.45) is 0 Å². The van der Waals surface area contributed by atoms with Crippen LogP contribution < -0.4 is 0 Å². The first-order valence-electron chi connectivity index (χ1n) is 7.85. The molecule has 1 heterocycles. The third-order valence-corrected chi connectivity index (χ3v) is 4.37. The molecule has 1 aliphatic rings. The maximum atomic E-state index is 8.97. The molecule has 1 aliphatic heterocycles. The van der Waals surface area contributed by atoms with Gasteiger partial charge in [-0.05, 0) is 23.5 Å². The third kappa shape index (κ3) is 4.30. The van der Waals surface area contributed by atoms with Gasteiger partial charge in [-0.25, -0.2) is 0 Å². The van der Waals surface area contributed by atoms with Gasteiger partial charge in [0.25, 0.3) is 0 Å². The number of nitrogens with zero attached hydrogens (tertiary/aromatic N) is 3. The summed E-state index contributed by atoms with van der Waals surface area (Å²) >= 11 is 0. The summed E-state index contributed by atoms with van der Waals surface area (Å²) in [6.45, 7) is 13.8. The fourth-order valence-electron chi connectivity index (χ4n) is 2.76. The van der Waals surface area contributed by atoms with Crippen molar-refractivity contribution >= 4 is 0 Å². The largest absolute Gasteiger partial charge is 0.297 e. The number of nitriles is 1. The average Bonchev–Trinajstić information content (AvgIpc) is 2.47. The molecule has 3 nitrogen and oxygen atoms in total. The van der Waals surface area contributed by atoms with Gasteiger partial charge in [0.1, 0.15) is 0 Å². The fraction of sp³-hybridized carbons (Fsp3) is 0.611. The first-order chi connectivity index (χ1) is 9.90. The highest BCUT2D eigenvalue weighted by atomic mass is 15.3. The second kappa shape index (κ2) is 6.60. The zero-order valence-electron chi connectivity index (χ0n) is 13.8. The molecular formula is C18H27N3. The van der Waals surface area contributed by atoms with Crippen molar-refractivity contribution in [1.82, 2.24) is 9.80 Å². The molecule has 1 saturated heterocycles. The fourth-order valence-corrected chi connectivity index (χ4v) is 2.76. The summed E-state index contributed by atoms with van der Waals surface area (Å²) in [4.78, 5) is 4.74. The van der Waals surface area contributed by atoms with E-state index in [-0.39, 0.29) is 11.5 Å². The second-order valence-electron chi connectivity index (χ2n) is 7.06. The van der Waals surface area contributed by atoms with Crippen LogP contribution in [0.3, 0.4) is 0 Å². The monoisotopic (exact) mass is 285 g/mol. The molecule has 0 bridgehead atoms. The summed E-state index contributed by atoms with van der Waals surface area (Å²) in [6, 6.07) is 11.4. The van der Waals surface area contributed by atoms with Crippen molar-refractivity contribution in [2.75, 3.05) is 26.2 Å². The average molecular weight is 285 g/mol. The van der Waals surface area contributed by atoms with Gasteiger partial charge in [-0.3, -0.25) is 9.80 Å². The van der Waals surface area contributed by atoms with Crippen molar-refractivity contribution in [3.05, 3.63) is 35.4 Å². The number of benzene rings is 1. The predicted molar refractivity (Wildman–Crippen MR) is 87.1 cm³/mol. The molecule has 0 aromatic heterocycles. The highest BCUT2D eigenvalue weighted by Gasteiger charge is 2.20. The maximum Gasteiger partial charge on any atom is 0.0950 e. The minimum atomic E-state index is 0.0400. The van der Waals surface area contributed by atoms with Crippen LogP contribution in [0, 0.1) is 11.3 Å². The number of hydrogen-bond donors (Lipinski definition) is 0. The molecule has 0 radical (unpaired) electrons. The number of rotatable bonds is 3. The van der Waals surface area contributed by atoms with Crippen LogP contribution in [-0.4, -0.2) is 42.0 Å². The van der Waals surface area contributed by atoms with Crippen LogP contribution in [0.1, 0.15) is 38.8 Å². The Hall–Kier alpha value is -1.37. The van der Waals surface area contributed by atoms with Gasteiger partial charge in [-0.2, -0.15) is 5.26 Å². The minimum absolute atomic E-state index is 0.0400. The molecule has 3 heteroatoms. The van der Waals surface area contributed by atoms with Gasteiger partial charge in [-0.1, -0.05) is 45.0 Å². The zero-order valence-corrected chi connectivity index (χ0v) is 13.8. The summed E-state index contributed by atoms with van der Waals surface area (Å²) < 4.78 is 0. The molecular weight excluding hydrogens is 258 g/mol. The molecule has 0 aliphatic carbocycles. The van der Waals surface area contributed by atoms with E-state index >= 15 is 0 Å². The van der Waals surface area contributed by atoms with Gasteiger partial charge in [0, 0.05) is 32.7 Å². The van der Waals surface area contributed by atoms with Crippen LogP contribution in [0.25, 0.3) is 0 Å². The summed E-state index contributed by atoms with van der Waals surface area (Å²) in [5.41, 5.74) is 2.99. The van der Waals surface area contributed by atoms with E-state index in [9.17, 15) is 0 Å². The molecule has 2 rings (SSSR count). The van der Waals surface area contributed by atoms with Crippen LogP contribution in [0.15, 0.2) is 24.3 Å². The Morgan fingerprint density at radius 1 is 1.10 bits per heavy atom. The van der Waals surface area contributed by atoms with Gasteiger partial charge in [0.15, 0.2) is 0 Å². The van der Waals surface area contributed by atoms with Gasteiger partial charge in [0.2, 0.25) is 0 Å². The predicted octanol–water partition coefficient (Wildman–Crippen LogP) is 3.01. The summed E-state index contributed by atoms with van der Waals surface area (Å²) in [7, 11) is 0. The van der Waals surface area contributed by atoms with Crippen LogP contribution in [0.4, 0.5) is 0 Å². The van der Waals surface area contributed by atoms with E-state index in [0.29, 0.717) is 0 Å². The van der Waals surface area contributed by atoms with E-state index in [4.69, 9.17) is 5.26 Å². The molecule has 1 aromatic rings. The smallest absolute Gasteiger partial charge is 0.0950 e. The first-order valence-corrected chi connectivity index (χ1v) is 7.85. The Labute approximate surface area is 129 Å². The van der Waals surface area contributed by atoms with Gasteiger partial charge < -0.3 is 0 Å². The lowest BCUT2D eigenvalue weighted by Gasteiger charge is -2.35. The quantitative estimate of drug-likeness (QED) is 0.855. The maximum absolute atomic E-state index is 8.97. The van der Waals surface area contributed by atoms with E-state index in [1.807, 2.05) is 6.92 Å². The van der Waals surface area contributed by atoms with Gasteiger partial charge in [-0.15, -0.1) is 0 Å². The molecule has 1 fully saturated rings. The first kappa shape index (κ1) is 16.0. The SMILES string of the molecule is CC(C#N)N1CCN(Cc2ccc(C(C)(C)C)cc2)CC1. The van der Waals surface area contributed by atoms with E-state index in [0.717, 1.165) is 32.7 Å². The van der Waals surface area contributed by atoms with Crippen molar-refractivity contribution in [2.45, 2.75) is 45.7 Å². The highest BCUT2D eigenvalue weighted by Crippen LogP contribution is 2.22. The van der Waals surface area contributed by atoms with E-state index in [1.54, 1.807) is 0 Å². The third-order valence-electron chi connectivity index (χ3n) is 4.37. The van der Waals surface area contributed by atoms with Crippen molar-refractivity contribution in [3.8, 4) is 6.07 Å². The summed E-state index contributed by atoms with van der Waals surface area (Å²) in [6.07, 6.45) is 0. The Morgan fingerprint density at radius 3 is 2.14 bits per heavy atom. The van der Waals surface area contributed by atoms with Gasteiger partial charge >= 0.3 is 0 Å². The van der Waals surface area contributed by atoms with Crippen LogP contribution in [0.2, 0.25) is 0 Å². The van der Waals surface area contributed by atoms with E-state index in [1.165, 1.54) is 11.1 Å². The van der Waals surface area contributed by atoms with Crippen molar-refractivity contribution in [3.63, 3.8) is 0 Å². The van der Waals surface area contributed by atoms with E-state index in [2.05, 4.69) is 60.9 Å². The van der Waals surface area contributed by atoms with Crippen molar-refractivity contribution < 1.29 is 0 Å². The van der Waals surface area contributed by atoms with Crippen molar-refractivity contribution in [1.29, 1.82) is 5.26 Å². The molecule has 0 amide bonds. The van der Waals surface area contributed by atoms with Crippen LogP contribution in [0.5, 0.6) is 0 Å². The van der Waals surface area contributed by atoms with Gasteiger partial charge in [0.05, 0.1) is 12.1 Å². The molecule has 0 saturated carbocycles. The van der Waals surface area contributed by atoms with E-state index < -0.39 is 0 Å². The molecule has 0 spiro atoms. The minimum Gasteiger partial charge on any atom is -0.297 e. The Kier molecular flexibility index (Phi) is 5.03. The second-order valence-corrected chi connectivity index (χ2v) is 7.06. The lowest BCUT2D eigenvalue weighted by atomic mass is 9.87. The van der Waals surface area contributed by atoms with Crippen LogP contribution in [-0.2, 0) is 12.0 Å². The lowest BCUT2D eigenvalue weighted by molar-refractivity contribution is 0.114. The zero-order chi connectivity index (χ0) is 15.5. The Balaban J connectivity index is 1.88. The lowest BCUT2D eigenvalue weighted by Crippen LogP contribution is -2.48. The van der Waals surface area contributed by atoms with Crippen LogP contribution >= 0.6 is 0 Å². The number of hydrogen-bond acceptors (Lipinski definition) is 3.